The maximum Gasteiger partial charge on any atom is 0.240 e. The van der Waals surface area contributed by atoms with Crippen molar-refractivity contribution in [1.29, 1.82) is 0 Å². The molecule has 0 aliphatic heterocycles. The van der Waals surface area contributed by atoms with Crippen LogP contribution in [0.15, 0.2) is 62.7 Å². The number of azo groups is 1. The van der Waals surface area contributed by atoms with Crippen LogP contribution < -0.4 is 0 Å². The van der Waals surface area contributed by atoms with Crippen molar-refractivity contribution in [3.05, 3.63) is 48.0 Å². The minimum atomic E-state index is 0.510. The molecule has 6 nitrogen and oxygen atoms in total. The molecule has 0 N–H and O–H groups in total. The van der Waals surface area contributed by atoms with E-state index in [1.165, 1.54) is 12.2 Å². The van der Waals surface area contributed by atoms with E-state index in [1.807, 2.05) is 6.92 Å². The monoisotopic (exact) mass is 278 g/mol. The number of aryl methyl sites for hydroxylation is 1. The van der Waals surface area contributed by atoms with Crippen LogP contribution in [0.4, 0.5) is 22.7 Å². The summed E-state index contributed by atoms with van der Waals surface area (Å²) in [7, 11) is 0. The minimum absolute atomic E-state index is 0.510. The molecule has 0 aliphatic carbocycles. The van der Waals surface area contributed by atoms with Crippen LogP contribution in [0, 0.1) is 6.92 Å². The first-order valence-electron chi connectivity index (χ1n) is 6.01. The zero-order valence-electron chi connectivity index (χ0n) is 11.1. The maximum atomic E-state index is 10.2. The normalized spacial score (nSPS) is 9.95. The molecular weight excluding hydrogens is 268 g/mol. The van der Waals surface area contributed by atoms with Crippen molar-refractivity contribution in [2.75, 3.05) is 0 Å². The van der Waals surface area contributed by atoms with Crippen molar-refractivity contribution >= 4 is 34.9 Å². The zero-order valence-corrected chi connectivity index (χ0v) is 11.1. The fraction of sp³-hybridized carbons (Fsp3) is 0.0667. The number of carbonyl (C=O) groups excluding carboxylic acids is 2. The Bertz CT molecular complexity index is 769. The van der Waals surface area contributed by atoms with Gasteiger partial charge in [0.25, 0.3) is 0 Å². The van der Waals surface area contributed by atoms with E-state index in [0.717, 1.165) is 5.56 Å². The minimum Gasteiger partial charge on any atom is -0.211 e. The van der Waals surface area contributed by atoms with E-state index in [-0.39, 0.29) is 0 Å². The van der Waals surface area contributed by atoms with Crippen LogP contribution in [0.5, 0.6) is 0 Å². The van der Waals surface area contributed by atoms with Gasteiger partial charge in [-0.15, -0.1) is 0 Å². The van der Waals surface area contributed by atoms with Crippen molar-refractivity contribution in [1.82, 2.24) is 0 Å². The molecule has 0 radical (unpaired) electrons. The van der Waals surface area contributed by atoms with Crippen molar-refractivity contribution in [2.24, 2.45) is 20.2 Å². The highest BCUT2D eigenvalue weighted by atomic mass is 16.1. The van der Waals surface area contributed by atoms with Crippen LogP contribution in [0.3, 0.4) is 0 Å². The molecule has 0 aliphatic rings. The molecule has 21 heavy (non-hydrogen) atoms. The molecule has 0 saturated heterocycles. The van der Waals surface area contributed by atoms with Crippen LogP contribution in [-0.4, -0.2) is 12.2 Å². The largest absolute Gasteiger partial charge is 0.240 e. The summed E-state index contributed by atoms with van der Waals surface area (Å²) in [4.78, 5) is 27.4. The second-order valence-corrected chi connectivity index (χ2v) is 4.09. The van der Waals surface area contributed by atoms with Gasteiger partial charge < -0.3 is 0 Å². The average Bonchev–Trinajstić information content (AvgIpc) is 2.49. The first kappa shape index (κ1) is 14.2. The second kappa shape index (κ2) is 6.82. The zero-order chi connectivity index (χ0) is 15.1. The summed E-state index contributed by atoms with van der Waals surface area (Å²) in [5, 5.41) is 8.16. The number of isocyanates is 2. The van der Waals surface area contributed by atoms with Gasteiger partial charge in [0.15, 0.2) is 0 Å². The maximum absolute atomic E-state index is 10.2. The van der Waals surface area contributed by atoms with Gasteiger partial charge in [-0.1, -0.05) is 0 Å². The third-order valence-electron chi connectivity index (χ3n) is 2.65. The van der Waals surface area contributed by atoms with Gasteiger partial charge in [-0.2, -0.15) is 20.2 Å². The lowest BCUT2D eigenvalue weighted by Gasteiger charge is -1.99. The summed E-state index contributed by atoms with van der Waals surface area (Å²) in [6.45, 7) is 1.82. The summed E-state index contributed by atoms with van der Waals surface area (Å²) in [6, 6.07) is 11.8. The van der Waals surface area contributed by atoms with Crippen molar-refractivity contribution in [3.8, 4) is 0 Å². The molecular formula is C15H10N4O2. The molecule has 2 aromatic carbocycles. The Morgan fingerprint density at radius 2 is 1.33 bits per heavy atom. The van der Waals surface area contributed by atoms with Crippen LogP contribution >= 0.6 is 0 Å². The summed E-state index contributed by atoms with van der Waals surface area (Å²) in [5.41, 5.74) is 3.15. The molecule has 0 spiro atoms. The van der Waals surface area contributed by atoms with Gasteiger partial charge >= 0.3 is 0 Å². The predicted molar refractivity (Wildman–Crippen MR) is 77.4 cm³/mol. The van der Waals surface area contributed by atoms with Crippen LogP contribution in [0.25, 0.3) is 0 Å². The molecule has 102 valence electrons. The Morgan fingerprint density at radius 1 is 0.762 bits per heavy atom. The Morgan fingerprint density at radius 3 is 1.95 bits per heavy atom. The summed E-state index contributed by atoms with van der Waals surface area (Å²) in [6.07, 6.45) is 2.97. The number of hydrogen-bond acceptors (Lipinski definition) is 6. The highest BCUT2D eigenvalue weighted by Crippen LogP contribution is 2.26. The number of rotatable bonds is 4. The van der Waals surface area contributed by atoms with Gasteiger partial charge in [-0.25, -0.2) is 9.59 Å². The third kappa shape index (κ3) is 3.88. The van der Waals surface area contributed by atoms with E-state index in [2.05, 4.69) is 20.2 Å². The SMILES string of the molecule is Cc1cc(N=Nc2ccc(N=C=O)cc2)ccc1N=C=O. The quantitative estimate of drug-likeness (QED) is 0.473. The van der Waals surface area contributed by atoms with Gasteiger partial charge in [0.05, 0.1) is 22.7 Å². The fourth-order valence-corrected chi connectivity index (χ4v) is 1.64. The lowest BCUT2D eigenvalue weighted by atomic mass is 10.2. The Kier molecular flexibility index (Phi) is 4.62. The molecule has 6 heteroatoms. The highest BCUT2D eigenvalue weighted by molar-refractivity contribution is 5.58. The highest BCUT2D eigenvalue weighted by Gasteiger charge is 1.98. The molecule has 0 heterocycles. The van der Waals surface area contributed by atoms with Crippen LogP contribution in [0.2, 0.25) is 0 Å². The van der Waals surface area contributed by atoms with Crippen molar-refractivity contribution in [3.63, 3.8) is 0 Å². The van der Waals surface area contributed by atoms with E-state index in [0.29, 0.717) is 22.7 Å². The van der Waals surface area contributed by atoms with Gasteiger partial charge in [0, 0.05) is 0 Å². The van der Waals surface area contributed by atoms with E-state index < -0.39 is 0 Å². The number of hydrogen-bond donors (Lipinski definition) is 0. The molecule has 2 rings (SSSR count). The lowest BCUT2D eigenvalue weighted by molar-refractivity contribution is 0.564. The lowest BCUT2D eigenvalue weighted by Crippen LogP contribution is -1.73. The first-order chi connectivity index (χ1) is 10.2. The second-order valence-electron chi connectivity index (χ2n) is 4.09. The topological polar surface area (TPSA) is 83.6 Å². The molecule has 2 aromatic rings. The van der Waals surface area contributed by atoms with Crippen molar-refractivity contribution < 1.29 is 9.59 Å². The van der Waals surface area contributed by atoms with Crippen molar-refractivity contribution in [2.45, 2.75) is 6.92 Å². The smallest absolute Gasteiger partial charge is 0.211 e. The summed E-state index contributed by atoms with van der Waals surface area (Å²) < 4.78 is 0. The number of aliphatic imine (C=N–C) groups is 2. The number of benzene rings is 2. The molecule has 0 saturated carbocycles. The molecule has 0 unspecified atom stereocenters. The Balaban J connectivity index is 2.18. The van der Waals surface area contributed by atoms with E-state index in [4.69, 9.17) is 0 Å². The molecule has 0 bridgehead atoms. The summed E-state index contributed by atoms with van der Waals surface area (Å²) in [5.74, 6) is 0. The standard InChI is InChI=1S/C15H10N4O2/c1-11-8-14(6-7-15(11)17-10-21)19-18-13-4-2-12(3-5-13)16-9-20/h2-8H,1H3. The van der Waals surface area contributed by atoms with E-state index >= 15 is 0 Å². The van der Waals surface area contributed by atoms with Gasteiger partial charge in [-0.05, 0) is 55.0 Å². The Hall–Kier alpha value is -3.20. The molecule has 0 atom stereocenters. The average molecular weight is 278 g/mol. The van der Waals surface area contributed by atoms with Gasteiger partial charge in [0.1, 0.15) is 0 Å². The fourth-order valence-electron chi connectivity index (χ4n) is 1.64. The molecule has 0 amide bonds. The predicted octanol–water partition coefficient (Wildman–Crippen LogP) is 4.35. The third-order valence-corrected chi connectivity index (χ3v) is 2.65. The van der Waals surface area contributed by atoms with E-state index in [1.54, 1.807) is 42.5 Å². The number of nitrogens with zero attached hydrogens (tertiary/aromatic N) is 4. The van der Waals surface area contributed by atoms with Gasteiger partial charge in [0.2, 0.25) is 12.2 Å². The van der Waals surface area contributed by atoms with Crippen LogP contribution in [0.1, 0.15) is 5.56 Å². The van der Waals surface area contributed by atoms with Gasteiger partial charge in [-0.3, -0.25) is 0 Å². The molecule has 0 fully saturated rings. The van der Waals surface area contributed by atoms with Crippen LogP contribution in [-0.2, 0) is 9.59 Å². The summed E-state index contributed by atoms with van der Waals surface area (Å²) >= 11 is 0. The first-order valence-corrected chi connectivity index (χ1v) is 6.01. The Labute approximate surface area is 120 Å². The van der Waals surface area contributed by atoms with E-state index in [9.17, 15) is 9.59 Å². The molecule has 0 aromatic heterocycles.